The molecule has 1 rings (SSSR count). The van der Waals surface area contributed by atoms with Gasteiger partial charge in [-0.3, -0.25) is 4.98 Å². The van der Waals surface area contributed by atoms with Crippen LogP contribution < -0.4 is 17.0 Å². The number of aliphatic hydroxyl groups excluding tert-OH is 1. The Morgan fingerprint density at radius 2 is 1.19 bits per heavy atom. The lowest BCUT2D eigenvalue weighted by Gasteiger charge is -2.08. The number of aromatic nitrogens is 2. The summed E-state index contributed by atoms with van der Waals surface area (Å²) in [5, 5.41) is 10.0. The minimum atomic E-state index is -0.206. The zero-order valence-corrected chi connectivity index (χ0v) is 18.6. The van der Waals surface area contributed by atoms with Gasteiger partial charge in [0.1, 0.15) is 18.9 Å². The van der Waals surface area contributed by atoms with E-state index in [1.54, 1.807) is 0 Å². The molecule has 0 aliphatic heterocycles. The Bertz CT molecular complexity index is 384. The molecule has 0 aliphatic rings. The van der Waals surface area contributed by atoms with Crippen molar-refractivity contribution in [2.45, 2.75) is 129 Å². The largest absolute Gasteiger partial charge is 1.00 e. The minimum Gasteiger partial charge on any atom is -1.00 e. The van der Waals surface area contributed by atoms with E-state index in [0.717, 1.165) is 12.8 Å². The molecule has 1 aromatic heterocycles. The fourth-order valence-corrected chi connectivity index (χ4v) is 3.70. The van der Waals surface area contributed by atoms with E-state index in [-0.39, 0.29) is 18.5 Å². The molecule has 2 N–H and O–H groups in total. The number of hydrogen-bond donors (Lipinski definition) is 2. The second kappa shape index (κ2) is 20.2. The highest BCUT2D eigenvalue weighted by atomic mass is 35.5. The maximum absolute atomic E-state index is 10.0. The average Bonchev–Trinajstić information content (AvgIpc) is 3.14. The van der Waals surface area contributed by atoms with E-state index in [2.05, 4.69) is 11.9 Å². The first-order valence-corrected chi connectivity index (χ1v) is 11.5. The molecule has 0 spiro atoms. The zero-order chi connectivity index (χ0) is 18.7. The van der Waals surface area contributed by atoms with Gasteiger partial charge in [0.2, 0.25) is 6.33 Å². The van der Waals surface area contributed by atoms with Gasteiger partial charge >= 0.3 is 0 Å². The monoisotopic (exact) mass is 400 g/mol. The normalized spacial score (nSPS) is 12.1. The first-order chi connectivity index (χ1) is 12.8. The Morgan fingerprint density at radius 3 is 1.59 bits per heavy atom. The van der Waals surface area contributed by atoms with E-state index in [9.17, 15) is 5.11 Å². The highest BCUT2D eigenvalue weighted by Gasteiger charge is 2.07. The highest BCUT2D eigenvalue weighted by molar-refractivity contribution is 4.58. The van der Waals surface area contributed by atoms with Crippen LogP contribution in [0.5, 0.6) is 0 Å². The van der Waals surface area contributed by atoms with Crippen LogP contribution in [0.25, 0.3) is 0 Å². The zero-order valence-electron chi connectivity index (χ0n) is 17.8. The van der Waals surface area contributed by atoms with E-state index < -0.39 is 0 Å². The number of nitrogens with zero attached hydrogens (tertiary/aromatic N) is 1. The van der Waals surface area contributed by atoms with Gasteiger partial charge in [-0.05, 0) is 6.42 Å². The molecule has 0 amide bonds. The summed E-state index contributed by atoms with van der Waals surface area (Å²) < 4.78 is 2.01. The van der Waals surface area contributed by atoms with Gasteiger partial charge in [-0.15, -0.1) is 0 Å². The number of H-pyrrole nitrogens is 1. The number of unbranched alkanes of at least 4 members (excludes halogenated alkanes) is 15. The Labute approximate surface area is 174 Å². The van der Waals surface area contributed by atoms with Crippen molar-refractivity contribution >= 4 is 0 Å². The van der Waals surface area contributed by atoms with Crippen LogP contribution in [0.1, 0.15) is 116 Å². The lowest BCUT2D eigenvalue weighted by atomic mass is 10.0. The Morgan fingerprint density at radius 1 is 0.741 bits per heavy atom. The van der Waals surface area contributed by atoms with Crippen molar-refractivity contribution in [3.63, 3.8) is 0 Å². The summed E-state index contributed by atoms with van der Waals surface area (Å²) >= 11 is 0. The van der Waals surface area contributed by atoms with Crippen molar-refractivity contribution in [1.82, 2.24) is 4.98 Å². The molecule has 1 aromatic rings. The average molecular weight is 401 g/mol. The van der Waals surface area contributed by atoms with Gasteiger partial charge in [0.05, 0.1) is 6.10 Å². The van der Waals surface area contributed by atoms with Crippen LogP contribution in [-0.4, -0.2) is 16.2 Å². The summed E-state index contributed by atoms with van der Waals surface area (Å²) in [5.74, 6) is 0. The number of aliphatic hydroxyl groups is 1. The summed E-state index contributed by atoms with van der Waals surface area (Å²) in [4.78, 5) is 3.01. The Balaban J connectivity index is 0.00000676. The van der Waals surface area contributed by atoms with E-state index in [1.165, 1.54) is 96.3 Å². The van der Waals surface area contributed by atoms with Crippen LogP contribution in [0.2, 0.25) is 0 Å². The summed E-state index contributed by atoms with van der Waals surface area (Å²) in [5.41, 5.74) is 0. The van der Waals surface area contributed by atoms with Gasteiger partial charge < -0.3 is 17.5 Å². The van der Waals surface area contributed by atoms with Gasteiger partial charge in [0.25, 0.3) is 0 Å². The molecule has 160 valence electrons. The fourth-order valence-electron chi connectivity index (χ4n) is 3.70. The van der Waals surface area contributed by atoms with Gasteiger partial charge in [-0.2, -0.15) is 0 Å². The van der Waals surface area contributed by atoms with Gasteiger partial charge in [-0.1, -0.05) is 110 Å². The van der Waals surface area contributed by atoms with Crippen LogP contribution >= 0.6 is 0 Å². The molecule has 27 heavy (non-hydrogen) atoms. The first-order valence-electron chi connectivity index (χ1n) is 11.5. The number of rotatable bonds is 19. The molecule has 4 heteroatoms. The van der Waals surface area contributed by atoms with Crippen LogP contribution in [0.15, 0.2) is 18.7 Å². The first kappa shape index (κ1) is 26.5. The van der Waals surface area contributed by atoms with Crippen LogP contribution in [0.3, 0.4) is 0 Å². The maximum Gasteiger partial charge on any atom is 0.241 e. The molecule has 0 fully saturated rings. The van der Waals surface area contributed by atoms with Crippen LogP contribution in [0.4, 0.5) is 0 Å². The Hall–Kier alpha value is -0.540. The lowest BCUT2D eigenvalue weighted by molar-refractivity contribution is -0.702. The summed E-state index contributed by atoms with van der Waals surface area (Å²) in [6, 6.07) is 0. The summed E-state index contributed by atoms with van der Waals surface area (Å²) in [7, 11) is 0. The third-order valence-corrected chi connectivity index (χ3v) is 5.42. The van der Waals surface area contributed by atoms with E-state index >= 15 is 0 Å². The molecular weight excluding hydrogens is 356 g/mol. The van der Waals surface area contributed by atoms with Crippen molar-refractivity contribution in [1.29, 1.82) is 0 Å². The van der Waals surface area contributed by atoms with Crippen LogP contribution in [-0.2, 0) is 6.54 Å². The molecule has 0 saturated heterocycles. The lowest BCUT2D eigenvalue weighted by Crippen LogP contribution is -3.00. The second-order valence-electron chi connectivity index (χ2n) is 8.05. The number of imidazole rings is 1. The molecule has 3 nitrogen and oxygen atoms in total. The smallest absolute Gasteiger partial charge is 0.241 e. The standard InChI is InChI=1S/C23H44N2O.ClH/c1-2-3-4-5-6-7-8-9-10-11-12-13-14-15-16-17-18-23(26)21-25-20-19-24-22-25;/h19-20,22-23,26H,2-18,21H2,1H3;1H. The number of nitrogens with one attached hydrogen (secondary N) is 1. The quantitative estimate of drug-likeness (QED) is 0.271. The highest BCUT2D eigenvalue weighted by Crippen LogP contribution is 2.14. The SMILES string of the molecule is CCCCCCCCCCCCCCCCCCC(O)C[n+]1cc[nH]c1.[Cl-]. The van der Waals surface area contributed by atoms with Crippen LogP contribution in [0, 0.1) is 0 Å². The molecule has 0 radical (unpaired) electrons. The molecule has 0 aromatic carbocycles. The minimum absolute atomic E-state index is 0. The van der Waals surface area contributed by atoms with Crippen molar-refractivity contribution in [2.24, 2.45) is 0 Å². The van der Waals surface area contributed by atoms with Gasteiger partial charge in [0.15, 0.2) is 0 Å². The third-order valence-electron chi connectivity index (χ3n) is 5.42. The molecular formula is C23H45ClN2O. The summed E-state index contributed by atoms with van der Waals surface area (Å²) in [6.07, 6.45) is 28.8. The van der Waals surface area contributed by atoms with E-state index in [0.29, 0.717) is 6.54 Å². The van der Waals surface area contributed by atoms with E-state index in [4.69, 9.17) is 0 Å². The fraction of sp³-hybridized carbons (Fsp3) is 0.870. The van der Waals surface area contributed by atoms with Crippen molar-refractivity contribution in [2.75, 3.05) is 0 Å². The van der Waals surface area contributed by atoms with Crippen molar-refractivity contribution in [3.05, 3.63) is 18.7 Å². The maximum atomic E-state index is 10.0. The van der Waals surface area contributed by atoms with Gasteiger partial charge in [-0.25, -0.2) is 4.57 Å². The number of aromatic amines is 1. The molecule has 0 aliphatic carbocycles. The second-order valence-corrected chi connectivity index (χ2v) is 8.05. The molecule has 1 heterocycles. The Kier molecular flexibility index (Phi) is 19.8. The topological polar surface area (TPSA) is 39.9 Å². The summed E-state index contributed by atoms with van der Waals surface area (Å²) in [6.45, 7) is 3.00. The van der Waals surface area contributed by atoms with E-state index in [1.807, 2.05) is 23.3 Å². The van der Waals surface area contributed by atoms with Crippen molar-refractivity contribution < 1.29 is 22.1 Å². The third kappa shape index (κ3) is 17.3. The predicted octanol–water partition coefficient (Wildman–Crippen LogP) is 3.32. The number of halogens is 1. The predicted molar refractivity (Wildman–Crippen MR) is 111 cm³/mol. The molecule has 0 bridgehead atoms. The molecule has 1 unspecified atom stereocenters. The molecule has 1 atom stereocenters. The molecule has 0 saturated carbocycles. The van der Waals surface area contributed by atoms with Crippen molar-refractivity contribution in [3.8, 4) is 0 Å². The van der Waals surface area contributed by atoms with Gasteiger partial charge in [0, 0.05) is 0 Å². The number of hydrogen-bond acceptors (Lipinski definition) is 1.